The molecule has 8 nitrogen and oxygen atoms in total. The maximum Gasteiger partial charge on any atom is 0.322 e. The van der Waals surface area contributed by atoms with Crippen LogP contribution in [0.25, 0.3) is 6.08 Å². The van der Waals surface area contributed by atoms with Gasteiger partial charge in [-0.1, -0.05) is 18.2 Å². The number of nitrogens with zero attached hydrogens (tertiary/aromatic N) is 1. The second-order valence-corrected chi connectivity index (χ2v) is 5.99. The van der Waals surface area contributed by atoms with Gasteiger partial charge >= 0.3 is 5.97 Å². The molecule has 0 saturated heterocycles. The monoisotopic (exact) mass is 384 g/mol. The second-order valence-electron chi connectivity index (χ2n) is 5.99. The number of rotatable bonds is 7. The van der Waals surface area contributed by atoms with E-state index in [0.717, 1.165) is 0 Å². The average Bonchev–Trinajstić information content (AvgIpc) is 2.68. The standard InChI is InChI=1S/C20H20N2O6/c1-12-9-16(28-3)18(20(27)22(12)2)15(23)8-7-13-5-4-6-14(10-13)19(26)21-11-17(24)25/h4-10H,11H2,1-3H3,(H,21,26)(H,24,25)/b8-7+. The van der Waals surface area contributed by atoms with Crippen molar-refractivity contribution < 1.29 is 24.2 Å². The number of hydrogen-bond acceptors (Lipinski definition) is 5. The van der Waals surface area contributed by atoms with Gasteiger partial charge in [-0.15, -0.1) is 0 Å². The number of amides is 1. The third-order valence-electron chi connectivity index (χ3n) is 4.08. The lowest BCUT2D eigenvalue weighted by Crippen LogP contribution is -2.29. The summed E-state index contributed by atoms with van der Waals surface area (Å²) in [6.07, 6.45) is 2.69. The minimum Gasteiger partial charge on any atom is -0.496 e. The number of methoxy groups -OCH3 is 1. The van der Waals surface area contributed by atoms with Crippen LogP contribution in [-0.4, -0.2) is 41.0 Å². The number of aromatic nitrogens is 1. The van der Waals surface area contributed by atoms with E-state index in [0.29, 0.717) is 11.3 Å². The molecule has 0 spiro atoms. The predicted octanol–water partition coefficient (Wildman–Crippen LogP) is 1.41. The van der Waals surface area contributed by atoms with Gasteiger partial charge in [-0.05, 0) is 30.7 Å². The Morgan fingerprint density at radius 3 is 2.61 bits per heavy atom. The number of carboxylic acid groups (broad SMARTS) is 1. The van der Waals surface area contributed by atoms with Gasteiger partial charge in [0.1, 0.15) is 17.9 Å². The summed E-state index contributed by atoms with van der Waals surface area (Å²) < 4.78 is 6.52. The molecule has 1 amide bonds. The van der Waals surface area contributed by atoms with Crippen LogP contribution in [-0.2, 0) is 11.8 Å². The highest BCUT2D eigenvalue weighted by molar-refractivity contribution is 6.08. The molecule has 1 aromatic heterocycles. The van der Waals surface area contributed by atoms with Crippen molar-refractivity contribution in [3.05, 3.63) is 69.1 Å². The van der Waals surface area contributed by atoms with E-state index in [-0.39, 0.29) is 16.9 Å². The molecule has 0 fully saturated rings. The minimum absolute atomic E-state index is 0.0813. The fraction of sp³-hybridized carbons (Fsp3) is 0.200. The maximum absolute atomic E-state index is 12.6. The summed E-state index contributed by atoms with van der Waals surface area (Å²) in [5, 5.41) is 10.9. The summed E-state index contributed by atoms with van der Waals surface area (Å²) in [7, 11) is 2.95. The molecular formula is C20H20N2O6. The summed E-state index contributed by atoms with van der Waals surface area (Å²) in [5.41, 5.74) is 0.900. The van der Waals surface area contributed by atoms with E-state index in [2.05, 4.69) is 5.32 Å². The highest BCUT2D eigenvalue weighted by Gasteiger charge is 2.17. The molecule has 2 aromatic rings. The van der Waals surface area contributed by atoms with Gasteiger partial charge in [-0.2, -0.15) is 0 Å². The smallest absolute Gasteiger partial charge is 0.322 e. The Morgan fingerprint density at radius 1 is 1.25 bits per heavy atom. The number of carboxylic acids is 1. The molecule has 8 heteroatoms. The van der Waals surface area contributed by atoms with Gasteiger partial charge in [0.2, 0.25) is 0 Å². The molecule has 0 atom stereocenters. The van der Waals surface area contributed by atoms with Crippen LogP contribution in [0.3, 0.4) is 0 Å². The third kappa shape index (κ3) is 4.73. The van der Waals surface area contributed by atoms with E-state index in [1.54, 1.807) is 32.2 Å². The Kier molecular flexibility index (Phi) is 6.49. The number of aliphatic carboxylic acids is 1. The average molecular weight is 384 g/mol. The first kappa shape index (κ1) is 20.6. The van der Waals surface area contributed by atoms with Crippen LogP contribution >= 0.6 is 0 Å². The summed E-state index contributed by atoms with van der Waals surface area (Å²) in [6, 6.07) is 7.91. The van der Waals surface area contributed by atoms with E-state index >= 15 is 0 Å². The van der Waals surface area contributed by atoms with Gasteiger partial charge in [0.15, 0.2) is 5.78 Å². The molecule has 2 N–H and O–H groups in total. The van der Waals surface area contributed by atoms with Crippen LogP contribution in [0.1, 0.15) is 32.0 Å². The Hall–Kier alpha value is -3.68. The zero-order chi connectivity index (χ0) is 20.8. The van der Waals surface area contributed by atoms with Crippen LogP contribution in [0, 0.1) is 6.92 Å². The molecule has 0 aliphatic carbocycles. The van der Waals surface area contributed by atoms with Gasteiger partial charge in [-0.3, -0.25) is 19.2 Å². The molecule has 146 valence electrons. The summed E-state index contributed by atoms with van der Waals surface area (Å²) >= 11 is 0. The number of allylic oxidation sites excluding steroid dienone is 1. The number of benzene rings is 1. The maximum atomic E-state index is 12.6. The number of nitrogens with one attached hydrogen (secondary N) is 1. The van der Waals surface area contributed by atoms with Crippen LogP contribution in [0.2, 0.25) is 0 Å². The second kappa shape index (κ2) is 8.81. The number of carbonyl (C=O) groups excluding carboxylic acids is 2. The van der Waals surface area contributed by atoms with Gasteiger partial charge in [-0.25, -0.2) is 0 Å². The zero-order valence-corrected chi connectivity index (χ0v) is 15.7. The lowest BCUT2D eigenvalue weighted by molar-refractivity contribution is -0.135. The fourth-order valence-electron chi connectivity index (χ4n) is 2.48. The molecule has 28 heavy (non-hydrogen) atoms. The van der Waals surface area contributed by atoms with Crippen LogP contribution < -0.4 is 15.6 Å². The molecule has 1 heterocycles. The highest BCUT2D eigenvalue weighted by Crippen LogP contribution is 2.17. The van der Waals surface area contributed by atoms with Crippen molar-refractivity contribution in [3.63, 3.8) is 0 Å². The molecule has 0 aliphatic heterocycles. The first-order valence-electron chi connectivity index (χ1n) is 8.31. The quantitative estimate of drug-likeness (QED) is 0.551. The van der Waals surface area contributed by atoms with Crippen LogP contribution in [0.15, 0.2) is 41.2 Å². The fourth-order valence-corrected chi connectivity index (χ4v) is 2.48. The van der Waals surface area contributed by atoms with Gasteiger partial charge in [0, 0.05) is 24.4 Å². The topological polar surface area (TPSA) is 115 Å². The summed E-state index contributed by atoms with van der Waals surface area (Å²) in [5.74, 6) is -2.03. The normalized spacial score (nSPS) is 10.7. The molecule has 0 aliphatic rings. The SMILES string of the molecule is COc1cc(C)n(C)c(=O)c1C(=O)/C=C/c1cccc(C(=O)NCC(=O)O)c1. The van der Waals surface area contributed by atoms with Crippen molar-refractivity contribution in [2.24, 2.45) is 7.05 Å². The first-order valence-corrected chi connectivity index (χ1v) is 8.31. The number of aryl methyl sites for hydroxylation is 1. The lowest BCUT2D eigenvalue weighted by atomic mass is 10.1. The number of carbonyl (C=O) groups is 3. The summed E-state index contributed by atoms with van der Waals surface area (Å²) in [6.45, 7) is 1.24. The number of pyridine rings is 1. The van der Waals surface area contributed by atoms with Crippen LogP contribution in [0.4, 0.5) is 0 Å². The van der Waals surface area contributed by atoms with Crippen molar-refractivity contribution in [2.45, 2.75) is 6.92 Å². The van der Waals surface area contributed by atoms with E-state index in [9.17, 15) is 19.2 Å². The van der Waals surface area contributed by atoms with E-state index in [4.69, 9.17) is 9.84 Å². The highest BCUT2D eigenvalue weighted by atomic mass is 16.5. The molecular weight excluding hydrogens is 364 g/mol. The van der Waals surface area contributed by atoms with Gasteiger partial charge in [0.25, 0.3) is 11.5 Å². The largest absolute Gasteiger partial charge is 0.496 e. The number of ketones is 1. The van der Waals surface area contributed by atoms with Crippen molar-refractivity contribution in [2.75, 3.05) is 13.7 Å². The Labute approximate surface area is 161 Å². The van der Waals surface area contributed by atoms with Crippen molar-refractivity contribution >= 4 is 23.7 Å². The zero-order valence-electron chi connectivity index (χ0n) is 15.7. The predicted molar refractivity (Wildman–Crippen MR) is 103 cm³/mol. The molecule has 1 aromatic carbocycles. The first-order chi connectivity index (χ1) is 13.2. The number of hydrogen-bond donors (Lipinski definition) is 2. The molecule has 2 rings (SSSR count). The van der Waals surface area contributed by atoms with Crippen LogP contribution in [0.5, 0.6) is 5.75 Å². The van der Waals surface area contributed by atoms with Gasteiger partial charge < -0.3 is 19.7 Å². The summed E-state index contributed by atoms with van der Waals surface area (Å²) in [4.78, 5) is 47.4. The molecule has 0 unspecified atom stereocenters. The number of ether oxygens (including phenoxy) is 1. The van der Waals surface area contributed by atoms with Crippen molar-refractivity contribution in [1.82, 2.24) is 9.88 Å². The lowest BCUT2D eigenvalue weighted by Gasteiger charge is -2.10. The minimum atomic E-state index is -1.15. The van der Waals surface area contributed by atoms with Crippen molar-refractivity contribution in [3.8, 4) is 5.75 Å². The third-order valence-corrected chi connectivity index (χ3v) is 4.08. The van der Waals surface area contributed by atoms with Gasteiger partial charge in [0.05, 0.1) is 7.11 Å². The van der Waals surface area contributed by atoms with E-state index < -0.39 is 29.8 Å². The van der Waals surface area contributed by atoms with E-state index in [1.165, 1.54) is 36.0 Å². The Balaban J connectivity index is 2.28. The Morgan fingerprint density at radius 2 is 1.96 bits per heavy atom. The van der Waals surface area contributed by atoms with E-state index in [1.807, 2.05) is 0 Å². The molecule has 0 saturated carbocycles. The van der Waals surface area contributed by atoms with Crippen molar-refractivity contribution in [1.29, 1.82) is 0 Å². The molecule has 0 bridgehead atoms. The molecule has 0 radical (unpaired) electrons. The Bertz CT molecular complexity index is 1020.